The van der Waals surface area contributed by atoms with Crippen LogP contribution in [0.25, 0.3) is 0 Å². The minimum Gasteiger partial charge on any atom is -0.354 e. The van der Waals surface area contributed by atoms with Crippen molar-refractivity contribution in [2.45, 2.75) is 38.6 Å². The summed E-state index contributed by atoms with van der Waals surface area (Å²) >= 11 is 0. The normalized spacial score (nSPS) is 19.8. The Bertz CT molecular complexity index is 668. The average Bonchev–Trinajstić information content (AvgIpc) is 3.33. The number of anilines is 1. The van der Waals surface area contributed by atoms with Gasteiger partial charge in [-0.25, -0.2) is 4.98 Å². The first-order chi connectivity index (χ1) is 11.3. The fraction of sp³-hybridized carbons (Fsp3) is 0.625. The van der Waals surface area contributed by atoms with Crippen LogP contribution in [0, 0.1) is 6.92 Å². The van der Waals surface area contributed by atoms with Crippen molar-refractivity contribution in [3.05, 3.63) is 29.8 Å². The SMILES string of the molecule is Cc1cncc(N2CCCN(Cc3noc(C4CC4)n3)CC2)n1. The fourth-order valence-corrected chi connectivity index (χ4v) is 2.99. The van der Waals surface area contributed by atoms with Crippen molar-refractivity contribution < 1.29 is 4.52 Å². The summed E-state index contributed by atoms with van der Waals surface area (Å²) in [5.41, 5.74) is 0.961. The summed E-state index contributed by atoms with van der Waals surface area (Å²) in [6.45, 7) is 6.73. The highest BCUT2D eigenvalue weighted by Crippen LogP contribution is 2.38. The van der Waals surface area contributed by atoms with E-state index in [1.54, 1.807) is 6.20 Å². The maximum absolute atomic E-state index is 5.35. The van der Waals surface area contributed by atoms with Crippen LogP contribution >= 0.6 is 0 Å². The molecule has 1 aliphatic carbocycles. The third-order valence-electron chi connectivity index (χ3n) is 4.43. The molecule has 0 unspecified atom stereocenters. The van der Waals surface area contributed by atoms with Crippen molar-refractivity contribution in [2.75, 3.05) is 31.1 Å². The minimum atomic E-state index is 0.524. The number of hydrogen-bond acceptors (Lipinski definition) is 7. The van der Waals surface area contributed by atoms with E-state index < -0.39 is 0 Å². The van der Waals surface area contributed by atoms with Gasteiger partial charge in [0, 0.05) is 38.3 Å². The zero-order valence-corrected chi connectivity index (χ0v) is 13.5. The topological polar surface area (TPSA) is 71.2 Å². The Kier molecular flexibility index (Phi) is 3.95. The number of aromatic nitrogens is 4. The van der Waals surface area contributed by atoms with Gasteiger partial charge in [0.25, 0.3) is 0 Å². The van der Waals surface area contributed by atoms with Gasteiger partial charge in [-0.1, -0.05) is 5.16 Å². The average molecular weight is 314 g/mol. The monoisotopic (exact) mass is 314 g/mol. The molecule has 23 heavy (non-hydrogen) atoms. The molecule has 0 aromatic carbocycles. The lowest BCUT2D eigenvalue weighted by Crippen LogP contribution is -2.31. The van der Waals surface area contributed by atoms with Gasteiger partial charge in [0.1, 0.15) is 5.82 Å². The van der Waals surface area contributed by atoms with E-state index in [4.69, 9.17) is 4.52 Å². The highest BCUT2D eigenvalue weighted by Gasteiger charge is 2.30. The molecule has 1 saturated carbocycles. The lowest BCUT2D eigenvalue weighted by Gasteiger charge is -2.22. The van der Waals surface area contributed by atoms with Gasteiger partial charge < -0.3 is 9.42 Å². The first kappa shape index (κ1) is 14.6. The highest BCUT2D eigenvalue weighted by atomic mass is 16.5. The van der Waals surface area contributed by atoms with E-state index in [9.17, 15) is 0 Å². The second kappa shape index (κ2) is 6.23. The summed E-state index contributed by atoms with van der Waals surface area (Å²) in [6, 6.07) is 0. The molecule has 0 atom stereocenters. The summed E-state index contributed by atoms with van der Waals surface area (Å²) < 4.78 is 5.35. The lowest BCUT2D eigenvalue weighted by atomic mass is 10.3. The molecule has 1 aliphatic heterocycles. The molecular formula is C16H22N6O. The number of aryl methyl sites for hydroxylation is 1. The zero-order chi connectivity index (χ0) is 15.6. The van der Waals surface area contributed by atoms with Gasteiger partial charge in [0.15, 0.2) is 5.82 Å². The summed E-state index contributed by atoms with van der Waals surface area (Å²) in [7, 11) is 0. The van der Waals surface area contributed by atoms with Crippen LogP contribution in [-0.4, -0.2) is 51.2 Å². The second-order valence-corrected chi connectivity index (χ2v) is 6.46. The van der Waals surface area contributed by atoms with Crippen LogP contribution in [0.5, 0.6) is 0 Å². The van der Waals surface area contributed by atoms with Crippen LogP contribution in [-0.2, 0) is 6.54 Å². The summed E-state index contributed by atoms with van der Waals surface area (Å²) in [5, 5.41) is 4.13. The predicted octanol–water partition coefficient (Wildman–Crippen LogP) is 1.76. The van der Waals surface area contributed by atoms with Gasteiger partial charge in [-0.2, -0.15) is 4.98 Å². The van der Waals surface area contributed by atoms with Crippen molar-refractivity contribution in [3.63, 3.8) is 0 Å². The maximum Gasteiger partial charge on any atom is 0.229 e. The fourth-order valence-electron chi connectivity index (χ4n) is 2.99. The van der Waals surface area contributed by atoms with Gasteiger partial charge in [-0.3, -0.25) is 9.88 Å². The molecule has 0 N–H and O–H groups in total. The first-order valence-electron chi connectivity index (χ1n) is 8.36. The van der Waals surface area contributed by atoms with Gasteiger partial charge in [-0.05, 0) is 26.2 Å². The Morgan fingerprint density at radius 1 is 1.13 bits per heavy atom. The van der Waals surface area contributed by atoms with Crippen molar-refractivity contribution in [2.24, 2.45) is 0 Å². The summed E-state index contributed by atoms with van der Waals surface area (Å²) in [6.07, 6.45) is 7.13. The smallest absolute Gasteiger partial charge is 0.229 e. The predicted molar refractivity (Wildman–Crippen MR) is 85.1 cm³/mol. The molecule has 0 spiro atoms. The lowest BCUT2D eigenvalue weighted by molar-refractivity contribution is 0.271. The van der Waals surface area contributed by atoms with E-state index in [2.05, 4.69) is 29.9 Å². The molecule has 1 saturated heterocycles. The minimum absolute atomic E-state index is 0.524. The van der Waals surface area contributed by atoms with Gasteiger partial charge in [0.05, 0.1) is 18.4 Å². The molecule has 4 rings (SSSR count). The van der Waals surface area contributed by atoms with E-state index in [1.807, 2.05) is 13.1 Å². The molecule has 0 amide bonds. The quantitative estimate of drug-likeness (QED) is 0.851. The second-order valence-electron chi connectivity index (χ2n) is 6.46. The summed E-state index contributed by atoms with van der Waals surface area (Å²) in [5.74, 6) is 3.14. The van der Waals surface area contributed by atoms with Crippen LogP contribution in [0.3, 0.4) is 0 Å². The molecule has 2 fully saturated rings. The molecule has 0 bridgehead atoms. The Morgan fingerprint density at radius 3 is 2.87 bits per heavy atom. The number of hydrogen-bond donors (Lipinski definition) is 0. The molecule has 2 aromatic rings. The Balaban J connectivity index is 1.36. The van der Waals surface area contributed by atoms with Gasteiger partial charge in [-0.15, -0.1) is 0 Å². The van der Waals surface area contributed by atoms with Gasteiger partial charge in [0.2, 0.25) is 5.89 Å². The molecule has 122 valence electrons. The Hall–Kier alpha value is -2.02. The standard InChI is InChI=1S/C16H22N6O/c1-12-9-17-10-15(18-12)22-6-2-5-21(7-8-22)11-14-19-16(23-20-14)13-3-4-13/h9-10,13H,2-8,11H2,1H3. The van der Waals surface area contributed by atoms with E-state index in [0.29, 0.717) is 5.92 Å². The molecular weight excluding hydrogens is 292 g/mol. The van der Waals surface area contributed by atoms with Crippen molar-refractivity contribution >= 4 is 5.82 Å². The van der Waals surface area contributed by atoms with E-state index in [0.717, 1.165) is 62.4 Å². The van der Waals surface area contributed by atoms with E-state index in [-0.39, 0.29) is 0 Å². The number of nitrogens with zero attached hydrogens (tertiary/aromatic N) is 6. The largest absolute Gasteiger partial charge is 0.354 e. The van der Waals surface area contributed by atoms with Crippen LogP contribution in [0.15, 0.2) is 16.9 Å². The van der Waals surface area contributed by atoms with Crippen LogP contribution < -0.4 is 4.90 Å². The molecule has 0 radical (unpaired) electrons. The molecule has 3 heterocycles. The summed E-state index contributed by atoms with van der Waals surface area (Å²) in [4.78, 5) is 18.1. The van der Waals surface area contributed by atoms with E-state index in [1.165, 1.54) is 12.8 Å². The molecule has 2 aliphatic rings. The van der Waals surface area contributed by atoms with Crippen molar-refractivity contribution in [1.82, 2.24) is 25.0 Å². The number of rotatable bonds is 4. The molecule has 7 nitrogen and oxygen atoms in total. The third kappa shape index (κ3) is 3.50. The van der Waals surface area contributed by atoms with Crippen LogP contribution in [0.2, 0.25) is 0 Å². The Labute approximate surface area is 135 Å². The third-order valence-corrected chi connectivity index (χ3v) is 4.43. The zero-order valence-electron chi connectivity index (χ0n) is 13.5. The van der Waals surface area contributed by atoms with Gasteiger partial charge >= 0.3 is 0 Å². The molecule has 2 aromatic heterocycles. The van der Waals surface area contributed by atoms with Crippen molar-refractivity contribution in [3.8, 4) is 0 Å². The Morgan fingerprint density at radius 2 is 2.04 bits per heavy atom. The maximum atomic E-state index is 5.35. The van der Waals surface area contributed by atoms with Crippen LogP contribution in [0.1, 0.15) is 42.6 Å². The van der Waals surface area contributed by atoms with Crippen LogP contribution in [0.4, 0.5) is 5.82 Å². The van der Waals surface area contributed by atoms with Crippen molar-refractivity contribution in [1.29, 1.82) is 0 Å². The first-order valence-corrected chi connectivity index (χ1v) is 8.36. The highest BCUT2D eigenvalue weighted by molar-refractivity contribution is 5.36. The molecule has 7 heteroatoms. The van der Waals surface area contributed by atoms with E-state index >= 15 is 0 Å².